The second-order valence-corrected chi connectivity index (χ2v) is 18.1. The number of aliphatic hydroxyl groups is 6. The summed E-state index contributed by atoms with van der Waals surface area (Å²) in [5.74, 6) is -0.425. The van der Waals surface area contributed by atoms with E-state index in [2.05, 4.69) is 32.2 Å². The van der Waals surface area contributed by atoms with E-state index in [1.54, 1.807) is 6.92 Å². The fourth-order valence-electron chi connectivity index (χ4n) is 12.4. The van der Waals surface area contributed by atoms with Gasteiger partial charge in [0.2, 0.25) is 0 Å². The van der Waals surface area contributed by atoms with Gasteiger partial charge in [0.25, 0.3) is 0 Å². The molecule has 4 aliphatic carbocycles. The summed E-state index contributed by atoms with van der Waals surface area (Å²) in [6, 6.07) is 0. The number of hydrogen-bond donors (Lipinski definition) is 7. The number of ether oxygens (including phenoxy) is 3. The summed E-state index contributed by atoms with van der Waals surface area (Å²) in [6.07, 6.45) is -5.10. The van der Waals surface area contributed by atoms with E-state index in [0.717, 1.165) is 45.4 Å². The van der Waals surface area contributed by atoms with Crippen molar-refractivity contribution in [2.75, 3.05) is 6.61 Å². The first-order valence-corrected chi connectivity index (χ1v) is 18.6. The van der Waals surface area contributed by atoms with Gasteiger partial charge in [-0.2, -0.15) is 0 Å². The van der Waals surface area contributed by atoms with Crippen LogP contribution in [0.2, 0.25) is 0 Å². The zero-order valence-electron chi connectivity index (χ0n) is 31.2. The Kier molecular flexibility index (Phi) is 11.1. The molecule has 7 N–H and O–H groups in total. The maximum absolute atomic E-state index is 12.3. The molecule has 5 aliphatic rings. The second kappa shape index (κ2) is 13.9. The van der Waals surface area contributed by atoms with Crippen LogP contribution in [-0.2, 0) is 23.9 Å². The van der Waals surface area contributed by atoms with Gasteiger partial charge in [0.05, 0.1) is 24.4 Å². The lowest BCUT2D eigenvalue weighted by atomic mass is 9.34. The number of carbonyl (C=O) groups excluding carboxylic acids is 1. The Bertz CT molecular complexity index is 1260. The monoisotopic (exact) mass is 712 g/mol. The number of rotatable bonds is 10. The van der Waals surface area contributed by atoms with Crippen LogP contribution < -0.4 is 0 Å². The van der Waals surface area contributed by atoms with E-state index in [-0.39, 0.29) is 34.5 Å². The van der Waals surface area contributed by atoms with Crippen molar-refractivity contribution in [2.24, 2.45) is 45.3 Å². The summed E-state index contributed by atoms with van der Waals surface area (Å²) in [4.78, 5) is 16.6. The molecule has 5 rings (SSSR count). The molecule has 12 nitrogen and oxygen atoms in total. The average Bonchev–Trinajstić information content (AvgIpc) is 3.40. The Labute approximate surface area is 297 Å². The van der Waals surface area contributed by atoms with Crippen LogP contribution in [0.5, 0.6) is 0 Å². The van der Waals surface area contributed by atoms with E-state index >= 15 is 0 Å². The molecule has 0 aromatic heterocycles. The highest BCUT2D eigenvalue weighted by Gasteiger charge is 2.73. The summed E-state index contributed by atoms with van der Waals surface area (Å²) in [7, 11) is 0. The molecular formula is C38H64O12. The normalized spacial score (nSPS) is 48.8. The van der Waals surface area contributed by atoms with Gasteiger partial charge in [-0.05, 0) is 111 Å². The van der Waals surface area contributed by atoms with E-state index in [1.165, 1.54) is 0 Å². The van der Waals surface area contributed by atoms with Crippen LogP contribution in [0.1, 0.15) is 107 Å². The van der Waals surface area contributed by atoms with Crippen LogP contribution in [0.4, 0.5) is 0 Å². The van der Waals surface area contributed by atoms with Gasteiger partial charge in [0, 0.05) is 12.3 Å². The molecule has 1 saturated heterocycles. The minimum absolute atomic E-state index is 0.0636. The molecule has 1 aliphatic heterocycles. The Hall–Kier alpha value is -1.19. The lowest BCUT2D eigenvalue weighted by Gasteiger charge is -2.71. The number of carbonyl (C=O) groups is 1. The maximum Gasteiger partial charge on any atom is 0.303 e. The van der Waals surface area contributed by atoms with Crippen molar-refractivity contribution in [3.63, 3.8) is 0 Å². The highest BCUT2D eigenvalue weighted by molar-refractivity contribution is 5.66. The summed E-state index contributed by atoms with van der Waals surface area (Å²) < 4.78 is 17.6. The SMILES string of the molecule is C=C(C)C(CC[C@@](C)(O)[C@H]1CC[C@]2(C)[C@@H]1CC[C@@H]1[C@@]3(C)[C@H](O)[C@@H](O)[C@H](O[C@@H]4O[C@H](CO)[C@@H](O)[C@H](O)[C@H]4OC(C)=O)C(C)(C)[C@@H]3CC[C@]12C)OO. The number of fused-ring (bicyclic) bond motifs is 5. The second-order valence-electron chi connectivity index (χ2n) is 18.1. The third-order valence-corrected chi connectivity index (χ3v) is 15.3. The molecular weight excluding hydrogens is 648 g/mol. The first-order chi connectivity index (χ1) is 23.1. The van der Waals surface area contributed by atoms with Crippen LogP contribution in [0.15, 0.2) is 12.2 Å². The lowest BCUT2D eigenvalue weighted by Crippen LogP contribution is -2.73. The van der Waals surface area contributed by atoms with Gasteiger partial charge < -0.3 is 44.8 Å². The zero-order valence-corrected chi connectivity index (χ0v) is 31.2. The molecule has 0 amide bonds. The number of aliphatic hydroxyl groups excluding tert-OH is 5. The van der Waals surface area contributed by atoms with Crippen molar-refractivity contribution < 1.29 is 59.8 Å². The molecule has 50 heavy (non-hydrogen) atoms. The van der Waals surface area contributed by atoms with Crippen LogP contribution in [0.3, 0.4) is 0 Å². The van der Waals surface area contributed by atoms with Gasteiger partial charge in [-0.3, -0.25) is 10.1 Å². The molecule has 5 fully saturated rings. The standard InChI is InChI=1S/C38H64O12/c1-19(2)23(50-46)13-17-37(8,45)22-12-15-35(6)21(22)10-11-26-36(35,7)16-14-25-34(4,5)32(29(43)31(44)38(25,26)9)49-33-30(47-20(3)40)28(42)27(41)24(18-39)48-33/h21-33,39,41-46H,1,10-18H2,2-9H3/t21-,22+,23?,24-,25+,26+,27-,28+,29-,30-,31-,32+,33+,35-,36-,37-,38+/m1/s1. The molecule has 12 heteroatoms. The van der Waals surface area contributed by atoms with Gasteiger partial charge in [-0.25, -0.2) is 4.89 Å². The molecule has 0 radical (unpaired) electrons. The van der Waals surface area contributed by atoms with Crippen LogP contribution in [-0.4, -0.2) is 109 Å². The molecule has 17 atom stereocenters. The van der Waals surface area contributed by atoms with Gasteiger partial charge in [0.1, 0.15) is 30.5 Å². The largest absolute Gasteiger partial charge is 0.454 e. The molecule has 0 aromatic carbocycles. The van der Waals surface area contributed by atoms with Gasteiger partial charge in [0.15, 0.2) is 12.4 Å². The van der Waals surface area contributed by atoms with Crippen molar-refractivity contribution in [2.45, 2.75) is 167 Å². The smallest absolute Gasteiger partial charge is 0.303 e. The summed E-state index contributed by atoms with van der Waals surface area (Å²) in [5, 5.41) is 76.7. The third-order valence-electron chi connectivity index (χ3n) is 15.3. The summed E-state index contributed by atoms with van der Waals surface area (Å²) >= 11 is 0. The highest BCUT2D eigenvalue weighted by atomic mass is 17.1. The quantitative estimate of drug-likeness (QED) is 0.0575. The van der Waals surface area contributed by atoms with Gasteiger partial charge in [-0.1, -0.05) is 41.2 Å². The van der Waals surface area contributed by atoms with Crippen LogP contribution >= 0.6 is 0 Å². The Morgan fingerprint density at radius 3 is 2.16 bits per heavy atom. The highest BCUT2D eigenvalue weighted by Crippen LogP contribution is 2.76. The first-order valence-electron chi connectivity index (χ1n) is 18.6. The van der Waals surface area contributed by atoms with E-state index in [9.17, 15) is 40.7 Å². The van der Waals surface area contributed by atoms with Crippen LogP contribution in [0, 0.1) is 45.3 Å². The fraction of sp³-hybridized carbons (Fsp3) is 0.921. The molecule has 1 heterocycles. The molecule has 1 unspecified atom stereocenters. The summed E-state index contributed by atoms with van der Waals surface area (Å²) in [5.41, 5.74) is -1.97. The molecule has 0 bridgehead atoms. The van der Waals surface area contributed by atoms with Crippen molar-refractivity contribution in [1.29, 1.82) is 0 Å². The van der Waals surface area contributed by atoms with Crippen molar-refractivity contribution in [3.05, 3.63) is 12.2 Å². The van der Waals surface area contributed by atoms with Crippen LogP contribution in [0.25, 0.3) is 0 Å². The van der Waals surface area contributed by atoms with E-state index in [1.807, 2.05) is 20.8 Å². The lowest BCUT2D eigenvalue weighted by molar-refractivity contribution is -0.355. The Morgan fingerprint density at radius 1 is 0.940 bits per heavy atom. The van der Waals surface area contributed by atoms with E-state index < -0.39 is 84.1 Å². The molecule has 4 saturated carbocycles. The zero-order chi connectivity index (χ0) is 37.4. The maximum atomic E-state index is 12.3. The third kappa shape index (κ3) is 6.11. The fourth-order valence-corrected chi connectivity index (χ4v) is 12.4. The topological polar surface area (TPSA) is 196 Å². The van der Waals surface area contributed by atoms with E-state index in [0.29, 0.717) is 18.4 Å². The Morgan fingerprint density at radius 2 is 1.58 bits per heavy atom. The molecule has 288 valence electrons. The van der Waals surface area contributed by atoms with Crippen molar-refractivity contribution >= 4 is 5.97 Å². The Balaban J connectivity index is 1.41. The molecule has 0 aromatic rings. The predicted molar refractivity (Wildman–Crippen MR) is 182 cm³/mol. The van der Waals surface area contributed by atoms with Gasteiger partial charge >= 0.3 is 5.97 Å². The minimum atomic E-state index is -1.60. The van der Waals surface area contributed by atoms with Crippen molar-refractivity contribution in [3.8, 4) is 0 Å². The summed E-state index contributed by atoms with van der Waals surface area (Å²) in [6.45, 7) is 19.0. The van der Waals surface area contributed by atoms with Crippen molar-refractivity contribution in [1.82, 2.24) is 0 Å². The van der Waals surface area contributed by atoms with E-state index in [4.69, 9.17) is 14.2 Å². The minimum Gasteiger partial charge on any atom is -0.454 e. The van der Waals surface area contributed by atoms with Gasteiger partial charge in [-0.15, -0.1) is 0 Å². The first kappa shape index (κ1) is 40.0. The molecule has 0 spiro atoms. The number of hydrogen-bond acceptors (Lipinski definition) is 12. The predicted octanol–water partition coefficient (Wildman–Crippen LogP) is 3.33. The average molecular weight is 713 g/mol. The number of esters is 1.